The maximum absolute atomic E-state index is 13.1. The molecule has 0 radical (unpaired) electrons. The minimum atomic E-state index is -4.62. The lowest BCUT2D eigenvalue weighted by molar-refractivity contribution is -0.145. The van der Waals surface area contributed by atoms with Crippen LogP contribution in [-0.4, -0.2) is 32.2 Å². The summed E-state index contributed by atoms with van der Waals surface area (Å²) in [6.07, 6.45) is -3.59. The van der Waals surface area contributed by atoms with Gasteiger partial charge in [0.1, 0.15) is 11.2 Å². The molecule has 1 fully saturated rings. The Labute approximate surface area is 131 Å². The van der Waals surface area contributed by atoms with Gasteiger partial charge in [-0.05, 0) is 12.3 Å². The molecule has 1 aromatic rings. The zero-order valence-electron chi connectivity index (χ0n) is 13.6. The number of aromatic nitrogens is 2. The van der Waals surface area contributed by atoms with E-state index in [1.807, 2.05) is 0 Å². The van der Waals surface area contributed by atoms with Gasteiger partial charge in [0.2, 0.25) is 0 Å². The molecule has 1 saturated heterocycles. The molecule has 3 amide bonds. The summed E-state index contributed by atoms with van der Waals surface area (Å²) in [5, 5.41) is 6.17. The molecule has 0 aromatic carbocycles. The average Bonchev–Trinajstić information content (AvgIpc) is 2.83. The van der Waals surface area contributed by atoms with Gasteiger partial charge in [-0.2, -0.15) is 18.3 Å². The summed E-state index contributed by atoms with van der Waals surface area (Å²) in [5.74, 6) is -0.549. The molecule has 0 aliphatic carbocycles. The largest absolute Gasteiger partial charge is 0.433 e. The van der Waals surface area contributed by atoms with E-state index in [1.165, 1.54) is 0 Å². The molecule has 0 bridgehead atoms. The third-order valence-electron chi connectivity index (χ3n) is 4.39. The van der Waals surface area contributed by atoms with Crippen LogP contribution in [0.5, 0.6) is 0 Å². The second-order valence-electron chi connectivity index (χ2n) is 6.84. The molecule has 23 heavy (non-hydrogen) atoms. The van der Waals surface area contributed by atoms with E-state index >= 15 is 0 Å². The van der Waals surface area contributed by atoms with Crippen molar-refractivity contribution >= 4 is 11.9 Å². The fourth-order valence-corrected chi connectivity index (χ4v) is 2.48. The maximum Gasteiger partial charge on any atom is 0.433 e. The molecule has 1 aromatic heterocycles. The SMILES string of the molecule is Cn1ncc(CN2C(=O)N[C@@](C)(C(C)(C)C)C2=O)c1C(F)(F)F. The number of urea groups is 1. The van der Waals surface area contributed by atoms with Crippen molar-refractivity contribution in [2.45, 2.75) is 46.0 Å². The monoisotopic (exact) mass is 332 g/mol. The topological polar surface area (TPSA) is 67.2 Å². The highest BCUT2D eigenvalue weighted by Crippen LogP contribution is 2.37. The summed E-state index contributed by atoms with van der Waals surface area (Å²) < 4.78 is 40.0. The van der Waals surface area contributed by atoms with Gasteiger partial charge >= 0.3 is 12.2 Å². The minimum absolute atomic E-state index is 0.221. The van der Waals surface area contributed by atoms with Crippen molar-refractivity contribution < 1.29 is 22.8 Å². The number of nitrogens with zero attached hydrogens (tertiary/aromatic N) is 3. The Morgan fingerprint density at radius 3 is 2.26 bits per heavy atom. The number of nitrogens with one attached hydrogen (secondary N) is 1. The number of halogens is 3. The molecule has 6 nitrogen and oxygen atoms in total. The van der Waals surface area contributed by atoms with Crippen molar-refractivity contribution in [3.63, 3.8) is 0 Å². The van der Waals surface area contributed by atoms with E-state index in [1.54, 1.807) is 27.7 Å². The summed E-state index contributed by atoms with van der Waals surface area (Å²) in [6, 6.07) is -0.704. The van der Waals surface area contributed by atoms with Crippen LogP contribution in [0.4, 0.5) is 18.0 Å². The van der Waals surface area contributed by atoms with Crippen molar-refractivity contribution in [3.8, 4) is 0 Å². The van der Waals surface area contributed by atoms with Crippen LogP contribution in [0.2, 0.25) is 0 Å². The Hall–Kier alpha value is -2.06. The summed E-state index contributed by atoms with van der Waals surface area (Å²) in [7, 11) is 1.16. The summed E-state index contributed by atoms with van der Waals surface area (Å²) in [6.45, 7) is 6.43. The first-order valence-corrected chi connectivity index (χ1v) is 7.01. The number of hydrogen-bond donors (Lipinski definition) is 1. The number of imide groups is 1. The van der Waals surface area contributed by atoms with E-state index in [0.717, 1.165) is 18.1 Å². The zero-order chi connectivity index (χ0) is 17.8. The van der Waals surface area contributed by atoms with Gasteiger partial charge in [-0.25, -0.2) is 4.79 Å². The molecular formula is C14H19F3N4O2. The van der Waals surface area contributed by atoms with Gasteiger partial charge in [0.05, 0.1) is 12.7 Å². The molecular weight excluding hydrogens is 313 g/mol. The number of rotatable bonds is 2. The quantitative estimate of drug-likeness (QED) is 0.845. The predicted molar refractivity (Wildman–Crippen MR) is 75.2 cm³/mol. The van der Waals surface area contributed by atoms with Gasteiger partial charge in [-0.1, -0.05) is 20.8 Å². The number of alkyl halides is 3. The normalized spacial score (nSPS) is 22.7. The van der Waals surface area contributed by atoms with E-state index in [0.29, 0.717) is 4.68 Å². The van der Waals surface area contributed by atoms with E-state index in [9.17, 15) is 22.8 Å². The fraction of sp³-hybridized carbons (Fsp3) is 0.643. The van der Waals surface area contributed by atoms with Crippen LogP contribution in [0.25, 0.3) is 0 Å². The summed E-state index contributed by atoms with van der Waals surface area (Å²) in [4.78, 5) is 25.5. The molecule has 1 N–H and O–H groups in total. The molecule has 2 heterocycles. The maximum atomic E-state index is 13.1. The van der Waals surface area contributed by atoms with Gasteiger partial charge in [-0.15, -0.1) is 0 Å². The Morgan fingerprint density at radius 2 is 1.83 bits per heavy atom. The number of amides is 3. The Morgan fingerprint density at radius 1 is 1.26 bits per heavy atom. The molecule has 1 atom stereocenters. The fourth-order valence-electron chi connectivity index (χ4n) is 2.48. The summed E-state index contributed by atoms with van der Waals surface area (Å²) >= 11 is 0. The lowest BCUT2D eigenvalue weighted by Gasteiger charge is -2.35. The van der Waals surface area contributed by atoms with Crippen LogP contribution in [0, 0.1) is 5.41 Å². The van der Waals surface area contributed by atoms with Crippen LogP contribution in [0.1, 0.15) is 39.0 Å². The van der Waals surface area contributed by atoms with Gasteiger partial charge < -0.3 is 5.32 Å². The highest BCUT2D eigenvalue weighted by Gasteiger charge is 2.54. The predicted octanol–water partition coefficient (Wildman–Crippen LogP) is 2.30. The zero-order valence-corrected chi connectivity index (χ0v) is 13.6. The van der Waals surface area contributed by atoms with Crippen LogP contribution in [0.3, 0.4) is 0 Å². The van der Waals surface area contributed by atoms with Crippen molar-refractivity contribution in [1.82, 2.24) is 20.0 Å². The first-order chi connectivity index (χ1) is 10.3. The third-order valence-corrected chi connectivity index (χ3v) is 4.39. The van der Waals surface area contributed by atoms with Crippen LogP contribution in [0.15, 0.2) is 6.20 Å². The van der Waals surface area contributed by atoms with Crippen LogP contribution >= 0.6 is 0 Å². The Balaban J connectivity index is 2.36. The Bertz CT molecular complexity index is 660. The lowest BCUT2D eigenvalue weighted by Crippen LogP contribution is -2.54. The molecule has 0 saturated carbocycles. The van der Waals surface area contributed by atoms with Gasteiger partial charge in [0.15, 0.2) is 0 Å². The molecule has 0 unspecified atom stereocenters. The van der Waals surface area contributed by atoms with Crippen molar-refractivity contribution in [2.24, 2.45) is 12.5 Å². The third kappa shape index (κ3) is 2.68. The molecule has 0 spiro atoms. The van der Waals surface area contributed by atoms with Crippen LogP contribution in [-0.2, 0) is 24.6 Å². The van der Waals surface area contributed by atoms with Gasteiger partial charge in [-0.3, -0.25) is 14.4 Å². The standard InChI is InChI=1S/C14H19F3N4O2/c1-12(2,3)13(4)10(22)21(11(23)19-13)7-8-6-18-20(5)9(8)14(15,16)17/h6H,7H2,1-5H3,(H,19,23)/t13-/m1/s1. The Kier molecular flexibility index (Phi) is 3.74. The lowest BCUT2D eigenvalue weighted by atomic mass is 9.75. The molecule has 2 rings (SSSR count). The van der Waals surface area contributed by atoms with Gasteiger partial charge in [0.25, 0.3) is 5.91 Å². The molecule has 128 valence electrons. The molecule has 1 aliphatic rings. The number of hydrogen-bond acceptors (Lipinski definition) is 3. The highest BCUT2D eigenvalue weighted by molar-refractivity contribution is 6.07. The van der Waals surface area contributed by atoms with E-state index < -0.39 is 41.3 Å². The number of carbonyl (C=O) groups excluding carboxylic acids is 2. The second kappa shape index (κ2) is 4.97. The smallest absolute Gasteiger partial charge is 0.323 e. The van der Waals surface area contributed by atoms with Crippen molar-refractivity contribution in [2.75, 3.05) is 0 Å². The first kappa shape index (κ1) is 17.3. The number of aryl methyl sites for hydroxylation is 1. The average molecular weight is 332 g/mol. The van der Waals surface area contributed by atoms with Crippen molar-refractivity contribution in [1.29, 1.82) is 0 Å². The van der Waals surface area contributed by atoms with Crippen molar-refractivity contribution in [3.05, 3.63) is 17.5 Å². The summed E-state index contributed by atoms with van der Waals surface area (Å²) in [5.41, 5.74) is -2.95. The van der Waals surface area contributed by atoms with E-state index in [-0.39, 0.29) is 5.56 Å². The van der Waals surface area contributed by atoms with E-state index in [4.69, 9.17) is 0 Å². The molecule has 1 aliphatic heterocycles. The second-order valence-corrected chi connectivity index (χ2v) is 6.84. The first-order valence-electron chi connectivity index (χ1n) is 7.01. The number of carbonyl (C=O) groups is 2. The van der Waals surface area contributed by atoms with Crippen LogP contribution < -0.4 is 5.32 Å². The molecule has 9 heteroatoms. The minimum Gasteiger partial charge on any atom is -0.323 e. The van der Waals surface area contributed by atoms with Gasteiger partial charge in [0, 0.05) is 12.6 Å². The highest BCUT2D eigenvalue weighted by atomic mass is 19.4. The van der Waals surface area contributed by atoms with E-state index in [2.05, 4.69) is 10.4 Å².